The van der Waals surface area contributed by atoms with Crippen LogP contribution in [-0.2, 0) is 4.74 Å². The van der Waals surface area contributed by atoms with Crippen LogP contribution < -0.4 is 10.2 Å². The minimum atomic E-state index is 0.440. The molecule has 2 rings (SSSR count). The molecular weight excluding hydrogens is 264 g/mol. The molecule has 0 spiro atoms. The Balaban J connectivity index is 2.02. The second kappa shape index (κ2) is 8.29. The summed E-state index contributed by atoms with van der Waals surface area (Å²) in [6, 6.07) is 2.67. The lowest BCUT2D eigenvalue weighted by molar-refractivity contribution is 0.198. The van der Waals surface area contributed by atoms with Crippen LogP contribution in [0.2, 0.25) is 0 Å². The minimum Gasteiger partial charge on any atom is -0.383 e. The molecule has 1 aromatic rings. The Kier molecular flexibility index (Phi) is 6.39. The zero-order chi connectivity index (χ0) is 15.1. The molecule has 1 saturated heterocycles. The lowest BCUT2D eigenvalue weighted by atomic mass is 10.0. The SMILES string of the molecule is COCCNCC1CCCCN1c1cc(C(C)C)ncn1. The summed E-state index contributed by atoms with van der Waals surface area (Å²) >= 11 is 0. The Morgan fingerprint density at radius 1 is 1.38 bits per heavy atom. The number of aromatic nitrogens is 2. The van der Waals surface area contributed by atoms with E-state index in [2.05, 4.69) is 40.1 Å². The highest BCUT2D eigenvalue weighted by atomic mass is 16.5. The number of nitrogens with zero attached hydrogens (tertiary/aromatic N) is 3. The van der Waals surface area contributed by atoms with Gasteiger partial charge in [0.25, 0.3) is 0 Å². The smallest absolute Gasteiger partial charge is 0.132 e. The van der Waals surface area contributed by atoms with Crippen molar-refractivity contribution < 1.29 is 4.74 Å². The van der Waals surface area contributed by atoms with Gasteiger partial charge in [-0.05, 0) is 25.2 Å². The lowest BCUT2D eigenvalue weighted by Gasteiger charge is -2.37. The molecule has 1 aliphatic heterocycles. The van der Waals surface area contributed by atoms with E-state index in [1.54, 1.807) is 13.4 Å². The first-order chi connectivity index (χ1) is 10.2. The van der Waals surface area contributed by atoms with Crippen LogP contribution in [0.4, 0.5) is 5.82 Å². The molecule has 118 valence electrons. The minimum absolute atomic E-state index is 0.440. The summed E-state index contributed by atoms with van der Waals surface area (Å²) in [6.07, 6.45) is 5.47. The quantitative estimate of drug-likeness (QED) is 0.781. The number of nitrogens with one attached hydrogen (secondary N) is 1. The Morgan fingerprint density at radius 3 is 3.00 bits per heavy atom. The van der Waals surface area contributed by atoms with E-state index in [4.69, 9.17) is 4.74 Å². The summed E-state index contributed by atoms with van der Waals surface area (Å²) in [5.74, 6) is 1.52. The molecule has 0 saturated carbocycles. The molecule has 0 aromatic carbocycles. The third-order valence-electron chi connectivity index (χ3n) is 4.05. The van der Waals surface area contributed by atoms with E-state index in [1.165, 1.54) is 19.3 Å². The van der Waals surface area contributed by atoms with Crippen molar-refractivity contribution in [1.82, 2.24) is 15.3 Å². The molecule has 1 fully saturated rings. The number of rotatable bonds is 7. The normalized spacial score (nSPS) is 19.2. The molecule has 0 aliphatic carbocycles. The number of hydrogen-bond donors (Lipinski definition) is 1. The van der Waals surface area contributed by atoms with E-state index in [9.17, 15) is 0 Å². The van der Waals surface area contributed by atoms with E-state index in [-0.39, 0.29) is 0 Å². The predicted octanol–water partition coefficient (Wildman–Crippen LogP) is 2.19. The van der Waals surface area contributed by atoms with Crippen molar-refractivity contribution in [3.63, 3.8) is 0 Å². The van der Waals surface area contributed by atoms with Crippen LogP contribution in [0.15, 0.2) is 12.4 Å². The third-order valence-corrected chi connectivity index (χ3v) is 4.05. The Morgan fingerprint density at radius 2 is 2.24 bits per heavy atom. The maximum atomic E-state index is 5.09. The van der Waals surface area contributed by atoms with Gasteiger partial charge in [0.1, 0.15) is 12.1 Å². The number of piperidine rings is 1. The standard InChI is InChI=1S/C16H28N4O/c1-13(2)15-10-16(19-12-18-15)20-8-5-4-6-14(20)11-17-7-9-21-3/h10,12-14,17H,4-9,11H2,1-3H3. The number of methoxy groups -OCH3 is 1. The van der Waals surface area contributed by atoms with Crippen LogP contribution in [0.5, 0.6) is 0 Å². The summed E-state index contributed by atoms with van der Waals surface area (Å²) in [4.78, 5) is 11.3. The maximum absolute atomic E-state index is 5.09. The first-order valence-corrected chi connectivity index (χ1v) is 8.00. The van der Waals surface area contributed by atoms with E-state index < -0.39 is 0 Å². The Hall–Kier alpha value is -1.20. The molecule has 1 N–H and O–H groups in total. The van der Waals surface area contributed by atoms with Gasteiger partial charge in [0.05, 0.1) is 6.61 Å². The summed E-state index contributed by atoms with van der Waals surface area (Å²) in [7, 11) is 1.74. The fourth-order valence-electron chi connectivity index (χ4n) is 2.79. The first kappa shape index (κ1) is 16.2. The van der Waals surface area contributed by atoms with Gasteiger partial charge in [-0.1, -0.05) is 13.8 Å². The monoisotopic (exact) mass is 292 g/mol. The molecule has 5 nitrogen and oxygen atoms in total. The highest BCUT2D eigenvalue weighted by molar-refractivity contribution is 5.41. The van der Waals surface area contributed by atoms with Crippen LogP contribution in [-0.4, -0.2) is 49.4 Å². The average molecular weight is 292 g/mol. The molecule has 1 aliphatic rings. The van der Waals surface area contributed by atoms with Crippen molar-refractivity contribution in [2.24, 2.45) is 0 Å². The predicted molar refractivity (Wildman–Crippen MR) is 85.9 cm³/mol. The molecule has 0 amide bonds. The fraction of sp³-hybridized carbons (Fsp3) is 0.750. The summed E-state index contributed by atoms with van der Waals surface area (Å²) in [6.45, 7) is 8.09. The molecule has 2 heterocycles. The zero-order valence-electron chi connectivity index (χ0n) is 13.5. The Labute approximate surface area is 128 Å². The lowest BCUT2D eigenvalue weighted by Crippen LogP contribution is -2.46. The van der Waals surface area contributed by atoms with Gasteiger partial charge in [-0.15, -0.1) is 0 Å². The largest absolute Gasteiger partial charge is 0.383 e. The van der Waals surface area contributed by atoms with Crippen molar-refractivity contribution in [3.8, 4) is 0 Å². The van der Waals surface area contributed by atoms with Gasteiger partial charge in [0.2, 0.25) is 0 Å². The first-order valence-electron chi connectivity index (χ1n) is 8.00. The topological polar surface area (TPSA) is 50.3 Å². The van der Waals surface area contributed by atoms with Gasteiger partial charge in [-0.3, -0.25) is 0 Å². The molecule has 5 heteroatoms. The van der Waals surface area contributed by atoms with Crippen molar-refractivity contribution in [2.75, 3.05) is 38.3 Å². The van der Waals surface area contributed by atoms with Crippen LogP contribution in [0, 0.1) is 0 Å². The van der Waals surface area contributed by atoms with Gasteiger partial charge >= 0.3 is 0 Å². The summed E-state index contributed by atoms with van der Waals surface area (Å²) < 4.78 is 5.09. The van der Waals surface area contributed by atoms with E-state index >= 15 is 0 Å². The fourth-order valence-corrected chi connectivity index (χ4v) is 2.79. The molecular formula is C16H28N4O. The second-order valence-electron chi connectivity index (χ2n) is 6.00. The van der Waals surface area contributed by atoms with Crippen LogP contribution in [0.3, 0.4) is 0 Å². The molecule has 0 bridgehead atoms. The highest BCUT2D eigenvalue weighted by Crippen LogP contribution is 2.24. The van der Waals surface area contributed by atoms with Gasteiger partial charge in [-0.25, -0.2) is 9.97 Å². The Bertz CT molecular complexity index is 424. The van der Waals surface area contributed by atoms with Crippen molar-refractivity contribution in [2.45, 2.75) is 45.1 Å². The van der Waals surface area contributed by atoms with Crippen LogP contribution >= 0.6 is 0 Å². The summed E-state index contributed by atoms with van der Waals surface area (Å²) in [5.41, 5.74) is 1.12. The second-order valence-corrected chi connectivity index (χ2v) is 6.00. The van der Waals surface area contributed by atoms with Crippen molar-refractivity contribution in [1.29, 1.82) is 0 Å². The number of hydrogen-bond acceptors (Lipinski definition) is 5. The highest BCUT2D eigenvalue weighted by Gasteiger charge is 2.23. The number of anilines is 1. The van der Waals surface area contributed by atoms with Gasteiger partial charge in [0, 0.05) is 44.5 Å². The molecule has 1 atom stereocenters. The van der Waals surface area contributed by atoms with Crippen LogP contribution in [0.1, 0.15) is 44.7 Å². The number of ether oxygens (including phenoxy) is 1. The van der Waals surface area contributed by atoms with Gasteiger partial charge < -0.3 is 15.0 Å². The molecule has 1 unspecified atom stereocenters. The van der Waals surface area contributed by atoms with E-state index in [0.717, 1.165) is 37.8 Å². The summed E-state index contributed by atoms with van der Waals surface area (Å²) in [5, 5.41) is 3.48. The van der Waals surface area contributed by atoms with Crippen molar-refractivity contribution in [3.05, 3.63) is 18.1 Å². The van der Waals surface area contributed by atoms with Gasteiger partial charge in [-0.2, -0.15) is 0 Å². The van der Waals surface area contributed by atoms with E-state index in [1.807, 2.05) is 0 Å². The van der Waals surface area contributed by atoms with E-state index in [0.29, 0.717) is 12.0 Å². The zero-order valence-corrected chi connectivity index (χ0v) is 13.5. The van der Waals surface area contributed by atoms with Gasteiger partial charge in [0.15, 0.2) is 0 Å². The maximum Gasteiger partial charge on any atom is 0.132 e. The molecule has 1 aromatic heterocycles. The van der Waals surface area contributed by atoms with Crippen LogP contribution in [0.25, 0.3) is 0 Å². The molecule has 21 heavy (non-hydrogen) atoms. The average Bonchev–Trinajstić information content (AvgIpc) is 2.52. The molecule has 0 radical (unpaired) electrons. The van der Waals surface area contributed by atoms with Crippen molar-refractivity contribution >= 4 is 5.82 Å². The third kappa shape index (κ3) is 4.64.